The van der Waals surface area contributed by atoms with Crippen LogP contribution in [0.3, 0.4) is 0 Å². The number of nitrogens with zero attached hydrogens (tertiary/aromatic N) is 3. The molecule has 10 nitrogen and oxygen atoms in total. The molecule has 0 aliphatic rings. The van der Waals surface area contributed by atoms with Gasteiger partial charge in [0, 0.05) is 6.07 Å². The largest absolute Gasteiger partial charge is 0.493 e. The second-order valence-corrected chi connectivity index (χ2v) is 6.38. The molecular weight excluding hydrogens is 427 g/mol. The molecule has 0 saturated heterocycles. The molecule has 0 aliphatic heterocycles. The molecule has 0 radical (unpaired) electrons. The smallest absolute Gasteiger partial charge is 0.366 e. The van der Waals surface area contributed by atoms with E-state index in [1.165, 1.54) is 20.3 Å². The van der Waals surface area contributed by atoms with Crippen molar-refractivity contribution in [3.63, 3.8) is 0 Å². The minimum Gasteiger partial charge on any atom is -0.493 e. The first-order chi connectivity index (χ1) is 13.6. The van der Waals surface area contributed by atoms with E-state index < -0.39 is 16.6 Å². The third-order valence-corrected chi connectivity index (χ3v) is 4.70. The first-order valence-corrected chi connectivity index (χ1v) is 8.65. The molecule has 0 bridgehead atoms. The van der Waals surface area contributed by atoms with Crippen LogP contribution in [-0.4, -0.2) is 35.9 Å². The van der Waals surface area contributed by atoms with Crippen molar-refractivity contribution in [1.82, 2.24) is 4.98 Å². The first kappa shape index (κ1) is 22.2. The molecule has 0 fully saturated rings. The van der Waals surface area contributed by atoms with Crippen LogP contribution >= 0.6 is 23.2 Å². The molecule has 0 aliphatic carbocycles. The second-order valence-electron chi connectivity index (χ2n) is 5.65. The Hall–Kier alpha value is -3.11. The Labute approximate surface area is 175 Å². The number of aryl methyl sites for hydroxylation is 1. The van der Waals surface area contributed by atoms with Crippen molar-refractivity contribution in [3.8, 4) is 11.5 Å². The lowest BCUT2D eigenvalue weighted by Gasteiger charge is -2.11. The summed E-state index contributed by atoms with van der Waals surface area (Å²) < 4.78 is 10.00. The second kappa shape index (κ2) is 8.93. The Kier molecular flexibility index (Phi) is 6.83. The number of nitro groups is 1. The predicted molar refractivity (Wildman–Crippen MR) is 106 cm³/mol. The summed E-state index contributed by atoms with van der Waals surface area (Å²) in [7, 11) is 2.51. The standard InChI is InChI=1S/C17H16Cl2N4O6/c1-7-12(15(19)21-8(2)13(7)18)16(20)22-29-17(24)9-5-10(23(25)26)14(28-4)11(6-9)27-3/h5-6H,1-4H3,(H2,20,22). The highest BCUT2D eigenvalue weighted by molar-refractivity contribution is 6.36. The number of rotatable bonds is 6. The summed E-state index contributed by atoms with van der Waals surface area (Å²) in [6.07, 6.45) is 0. The minimum atomic E-state index is -1.02. The fourth-order valence-electron chi connectivity index (χ4n) is 2.47. The van der Waals surface area contributed by atoms with Crippen LogP contribution in [0.1, 0.15) is 27.2 Å². The van der Waals surface area contributed by atoms with E-state index in [1.54, 1.807) is 13.8 Å². The summed E-state index contributed by atoms with van der Waals surface area (Å²) >= 11 is 12.2. The van der Waals surface area contributed by atoms with E-state index in [0.717, 1.165) is 6.07 Å². The lowest BCUT2D eigenvalue weighted by atomic mass is 10.1. The molecule has 0 atom stereocenters. The molecule has 2 N–H and O–H groups in total. The molecule has 12 heteroatoms. The number of nitro benzene ring substituents is 1. The number of methoxy groups -OCH3 is 2. The third-order valence-electron chi connectivity index (χ3n) is 3.87. The van der Waals surface area contributed by atoms with Gasteiger partial charge < -0.3 is 20.0 Å². The highest BCUT2D eigenvalue weighted by Crippen LogP contribution is 2.38. The van der Waals surface area contributed by atoms with E-state index in [0.29, 0.717) is 16.3 Å². The van der Waals surface area contributed by atoms with E-state index in [-0.39, 0.29) is 33.6 Å². The van der Waals surface area contributed by atoms with Gasteiger partial charge in [-0.25, -0.2) is 9.78 Å². The summed E-state index contributed by atoms with van der Waals surface area (Å²) in [5.74, 6) is -1.43. The van der Waals surface area contributed by atoms with Crippen LogP contribution in [0.5, 0.6) is 11.5 Å². The van der Waals surface area contributed by atoms with Gasteiger partial charge in [0.05, 0.1) is 41.0 Å². The maximum Gasteiger partial charge on any atom is 0.366 e. The Morgan fingerprint density at radius 1 is 1.24 bits per heavy atom. The Morgan fingerprint density at radius 2 is 1.90 bits per heavy atom. The number of oxime groups is 1. The molecule has 154 valence electrons. The van der Waals surface area contributed by atoms with Crippen molar-refractivity contribution < 1.29 is 24.0 Å². The van der Waals surface area contributed by atoms with Gasteiger partial charge in [0.2, 0.25) is 5.75 Å². The monoisotopic (exact) mass is 442 g/mol. The van der Waals surface area contributed by atoms with Gasteiger partial charge >= 0.3 is 11.7 Å². The van der Waals surface area contributed by atoms with Gasteiger partial charge in [0.1, 0.15) is 5.15 Å². The Balaban J connectivity index is 2.40. The van der Waals surface area contributed by atoms with Crippen molar-refractivity contribution in [2.75, 3.05) is 14.2 Å². The summed E-state index contributed by atoms with van der Waals surface area (Å²) in [5.41, 5.74) is 6.38. The van der Waals surface area contributed by atoms with Crippen LogP contribution in [0.4, 0.5) is 5.69 Å². The number of aromatic nitrogens is 1. The maximum absolute atomic E-state index is 12.3. The molecule has 1 aromatic carbocycles. The number of benzene rings is 1. The highest BCUT2D eigenvalue weighted by Gasteiger charge is 2.25. The lowest BCUT2D eigenvalue weighted by molar-refractivity contribution is -0.385. The number of pyridine rings is 1. The van der Waals surface area contributed by atoms with Gasteiger partial charge in [0.25, 0.3) is 0 Å². The van der Waals surface area contributed by atoms with Crippen molar-refractivity contribution >= 4 is 40.7 Å². The molecule has 1 heterocycles. The molecule has 29 heavy (non-hydrogen) atoms. The fraction of sp³-hybridized carbons (Fsp3) is 0.235. The summed E-state index contributed by atoms with van der Waals surface area (Å²) in [4.78, 5) is 31.7. The number of carbonyl (C=O) groups excluding carboxylic acids is 1. The zero-order valence-corrected chi connectivity index (χ0v) is 17.3. The van der Waals surface area contributed by atoms with Crippen LogP contribution in [0, 0.1) is 24.0 Å². The number of hydrogen-bond acceptors (Lipinski definition) is 8. The van der Waals surface area contributed by atoms with Gasteiger partial charge in [-0.15, -0.1) is 0 Å². The number of amidine groups is 1. The Bertz CT molecular complexity index is 1030. The zero-order chi connectivity index (χ0) is 21.9. The van der Waals surface area contributed by atoms with Crippen molar-refractivity contribution in [2.45, 2.75) is 13.8 Å². The van der Waals surface area contributed by atoms with E-state index >= 15 is 0 Å². The van der Waals surface area contributed by atoms with Crippen LogP contribution in [-0.2, 0) is 4.84 Å². The molecule has 2 rings (SSSR count). The van der Waals surface area contributed by atoms with E-state index in [2.05, 4.69) is 10.1 Å². The highest BCUT2D eigenvalue weighted by atomic mass is 35.5. The molecule has 0 saturated carbocycles. The summed E-state index contributed by atoms with van der Waals surface area (Å²) in [6, 6.07) is 2.18. The molecule has 0 amide bonds. The molecule has 0 unspecified atom stereocenters. The maximum atomic E-state index is 12.3. The van der Waals surface area contributed by atoms with Crippen LogP contribution in [0.15, 0.2) is 17.3 Å². The van der Waals surface area contributed by atoms with Crippen molar-refractivity contribution in [1.29, 1.82) is 0 Å². The summed E-state index contributed by atoms with van der Waals surface area (Å²) in [6.45, 7) is 3.32. The fourth-order valence-corrected chi connectivity index (χ4v) is 2.97. The Morgan fingerprint density at radius 3 is 2.45 bits per heavy atom. The quantitative estimate of drug-likeness (QED) is 0.179. The van der Waals surface area contributed by atoms with E-state index in [4.69, 9.17) is 43.2 Å². The summed E-state index contributed by atoms with van der Waals surface area (Å²) in [5, 5.41) is 15.2. The number of halogens is 2. The number of nitrogens with two attached hydrogens (primary N) is 1. The molecule has 2 aromatic rings. The third kappa shape index (κ3) is 4.49. The van der Waals surface area contributed by atoms with Gasteiger partial charge in [-0.1, -0.05) is 28.4 Å². The molecule has 0 spiro atoms. The lowest BCUT2D eigenvalue weighted by Crippen LogP contribution is -2.18. The van der Waals surface area contributed by atoms with Crippen LogP contribution < -0.4 is 15.2 Å². The van der Waals surface area contributed by atoms with Crippen molar-refractivity contribution in [2.24, 2.45) is 10.9 Å². The van der Waals surface area contributed by atoms with Gasteiger partial charge in [-0.2, -0.15) is 0 Å². The topological polar surface area (TPSA) is 139 Å². The molecular formula is C17H16Cl2N4O6. The average molecular weight is 443 g/mol. The average Bonchev–Trinajstić information content (AvgIpc) is 2.68. The minimum absolute atomic E-state index is 0.0287. The predicted octanol–water partition coefficient (Wildman–Crippen LogP) is 3.41. The van der Waals surface area contributed by atoms with E-state index in [1.807, 2.05) is 0 Å². The van der Waals surface area contributed by atoms with Gasteiger partial charge in [-0.3, -0.25) is 10.1 Å². The van der Waals surface area contributed by atoms with Gasteiger partial charge in [0.15, 0.2) is 11.6 Å². The van der Waals surface area contributed by atoms with Gasteiger partial charge in [-0.05, 0) is 25.5 Å². The first-order valence-electron chi connectivity index (χ1n) is 7.90. The van der Waals surface area contributed by atoms with Crippen LogP contribution in [0.2, 0.25) is 10.2 Å². The van der Waals surface area contributed by atoms with Crippen LogP contribution in [0.25, 0.3) is 0 Å². The molecule has 1 aromatic heterocycles. The normalized spacial score (nSPS) is 11.2. The number of hydrogen-bond donors (Lipinski definition) is 1. The number of ether oxygens (including phenoxy) is 2. The number of carbonyl (C=O) groups is 1. The van der Waals surface area contributed by atoms with E-state index in [9.17, 15) is 14.9 Å². The van der Waals surface area contributed by atoms with Crippen molar-refractivity contribution in [3.05, 3.63) is 54.8 Å². The SMILES string of the molecule is COc1cc(C(=O)ON=C(N)c2c(Cl)nc(C)c(Cl)c2C)cc([N+](=O)[O-])c1OC. The zero-order valence-electron chi connectivity index (χ0n) is 15.8.